The highest BCUT2D eigenvalue weighted by Gasteiger charge is 2.37. The van der Waals surface area contributed by atoms with Gasteiger partial charge in [-0.15, -0.1) is 0 Å². The monoisotopic (exact) mass is 290 g/mol. The maximum absolute atomic E-state index is 4.86. The van der Waals surface area contributed by atoms with Crippen LogP contribution in [-0.4, -0.2) is 34.2 Å². The Morgan fingerprint density at radius 3 is 2.57 bits per heavy atom. The summed E-state index contributed by atoms with van der Waals surface area (Å²) >= 11 is 0. The summed E-state index contributed by atoms with van der Waals surface area (Å²) in [6.07, 6.45) is 9.88. The molecule has 1 aromatic heterocycles. The third-order valence-corrected chi connectivity index (χ3v) is 4.95. The van der Waals surface area contributed by atoms with Gasteiger partial charge in [-0.3, -0.25) is 0 Å². The first-order valence-corrected chi connectivity index (χ1v) is 8.77. The molecule has 2 aliphatic rings. The fourth-order valence-electron chi connectivity index (χ4n) is 4.14. The van der Waals surface area contributed by atoms with E-state index in [1.807, 2.05) is 0 Å². The Bertz CT molecular complexity index is 455. The lowest BCUT2D eigenvalue weighted by Gasteiger charge is -2.38. The Kier molecular flexibility index (Phi) is 4.53. The maximum Gasteiger partial charge on any atom is 0.205 e. The number of hydrogen-bond donors (Lipinski definition) is 1. The normalized spacial score (nSPS) is 28.0. The number of nitrogens with zero attached hydrogens (tertiary/aromatic N) is 3. The van der Waals surface area contributed by atoms with Gasteiger partial charge in [-0.1, -0.05) is 13.8 Å². The summed E-state index contributed by atoms with van der Waals surface area (Å²) in [4.78, 5) is 7.47. The minimum Gasteiger partial charge on any atom is -0.339 e. The van der Waals surface area contributed by atoms with E-state index in [2.05, 4.69) is 41.8 Å². The summed E-state index contributed by atoms with van der Waals surface area (Å²) in [7, 11) is 0. The van der Waals surface area contributed by atoms with Crippen molar-refractivity contribution in [1.82, 2.24) is 14.9 Å². The predicted octanol–water partition coefficient (Wildman–Crippen LogP) is 3.10. The van der Waals surface area contributed by atoms with Gasteiger partial charge in [0.2, 0.25) is 5.95 Å². The summed E-state index contributed by atoms with van der Waals surface area (Å²) in [6, 6.07) is 2.15. The van der Waals surface area contributed by atoms with Crippen LogP contribution in [0.2, 0.25) is 0 Å². The molecule has 21 heavy (non-hydrogen) atoms. The number of anilines is 1. The van der Waals surface area contributed by atoms with Crippen LogP contribution in [-0.2, 0) is 6.54 Å². The minimum atomic E-state index is 0.668. The van der Waals surface area contributed by atoms with E-state index < -0.39 is 0 Å². The molecule has 118 valence electrons. The molecule has 1 aromatic rings. The number of hydrogen-bond acceptors (Lipinski definition) is 3. The summed E-state index contributed by atoms with van der Waals surface area (Å²) in [6.45, 7) is 8.85. The number of nitrogens with one attached hydrogen (secondary N) is 1. The highest BCUT2D eigenvalue weighted by molar-refractivity contribution is 5.36. The first kappa shape index (κ1) is 14.9. The van der Waals surface area contributed by atoms with Crippen molar-refractivity contribution in [1.29, 1.82) is 0 Å². The van der Waals surface area contributed by atoms with Gasteiger partial charge in [-0.2, -0.15) is 0 Å². The Hall–Kier alpha value is -1.03. The van der Waals surface area contributed by atoms with Crippen molar-refractivity contribution in [2.75, 3.05) is 11.4 Å². The molecule has 2 saturated heterocycles. The van der Waals surface area contributed by atoms with E-state index in [1.54, 1.807) is 0 Å². The average Bonchev–Trinajstić information content (AvgIpc) is 2.99. The van der Waals surface area contributed by atoms with Crippen molar-refractivity contribution >= 4 is 5.95 Å². The summed E-state index contributed by atoms with van der Waals surface area (Å²) < 4.78 is 2.37. The number of rotatable bonds is 6. The molecule has 0 aliphatic carbocycles. The molecule has 2 bridgehead atoms. The quantitative estimate of drug-likeness (QED) is 0.874. The Balaban J connectivity index is 1.83. The fraction of sp³-hybridized carbons (Fsp3) is 0.824. The van der Waals surface area contributed by atoms with E-state index in [9.17, 15) is 0 Å². The van der Waals surface area contributed by atoms with Crippen LogP contribution in [0.1, 0.15) is 58.1 Å². The third-order valence-electron chi connectivity index (χ3n) is 4.95. The molecule has 2 fully saturated rings. The molecule has 0 radical (unpaired) electrons. The fourth-order valence-corrected chi connectivity index (χ4v) is 4.14. The van der Waals surface area contributed by atoms with Gasteiger partial charge >= 0.3 is 0 Å². The second-order valence-corrected chi connectivity index (χ2v) is 6.83. The first-order chi connectivity index (χ1) is 10.2. The van der Waals surface area contributed by atoms with E-state index in [-0.39, 0.29) is 0 Å². The van der Waals surface area contributed by atoms with Gasteiger partial charge in [-0.25, -0.2) is 4.98 Å². The van der Waals surface area contributed by atoms with E-state index in [4.69, 9.17) is 4.98 Å². The van der Waals surface area contributed by atoms with Crippen LogP contribution >= 0.6 is 0 Å². The highest BCUT2D eigenvalue weighted by Crippen LogP contribution is 2.32. The Morgan fingerprint density at radius 1 is 1.24 bits per heavy atom. The number of piperidine rings is 1. The standard InChI is InChI=1S/C17H30N4/c1-4-8-20-12-13(3)18-17(20)21(9-5-2)16-10-14-6-7-15(11-16)19-14/h12,14-16,19H,4-11H2,1-3H3. The lowest BCUT2D eigenvalue weighted by Crippen LogP contribution is -2.49. The van der Waals surface area contributed by atoms with Crippen molar-refractivity contribution in [3.63, 3.8) is 0 Å². The summed E-state index contributed by atoms with van der Waals surface area (Å²) in [5.41, 5.74) is 1.15. The molecule has 2 atom stereocenters. The van der Waals surface area contributed by atoms with Crippen LogP contribution in [0.3, 0.4) is 0 Å². The smallest absolute Gasteiger partial charge is 0.205 e. The topological polar surface area (TPSA) is 33.1 Å². The van der Waals surface area contributed by atoms with Gasteiger partial charge in [0.05, 0.1) is 5.69 Å². The van der Waals surface area contributed by atoms with Crippen molar-refractivity contribution in [3.8, 4) is 0 Å². The first-order valence-electron chi connectivity index (χ1n) is 8.77. The summed E-state index contributed by atoms with van der Waals surface area (Å²) in [5.74, 6) is 1.21. The largest absolute Gasteiger partial charge is 0.339 e. The second kappa shape index (κ2) is 6.39. The molecule has 2 unspecified atom stereocenters. The molecule has 0 saturated carbocycles. The van der Waals surface area contributed by atoms with Crippen molar-refractivity contribution in [2.24, 2.45) is 0 Å². The van der Waals surface area contributed by atoms with Gasteiger partial charge in [0.25, 0.3) is 0 Å². The van der Waals surface area contributed by atoms with Crippen molar-refractivity contribution in [3.05, 3.63) is 11.9 Å². The molecule has 0 aromatic carbocycles. The molecule has 3 rings (SSSR count). The van der Waals surface area contributed by atoms with Gasteiger partial charge < -0.3 is 14.8 Å². The number of aromatic nitrogens is 2. The zero-order valence-corrected chi connectivity index (χ0v) is 13.8. The van der Waals surface area contributed by atoms with E-state index in [1.165, 1.54) is 44.5 Å². The molecular weight excluding hydrogens is 260 g/mol. The molecule has 3 heterocycles. The molecule has 4 nitrogen and oxygen atoms in total. The highest BCUT2D eigenvalue weighted by atomic mass is 15.3. The average molecular weight is 290 g/mol. The van der Waals surface area contributed by atoms with Gasteiger partial charge in [-0.05, 0) is 45.4 Å². The minimum absolute atomic E-state index is 0.668. The van der Waals surface area contributed by atoms with E-state index in [0.29, 0.717) is 6.04 Å². The van der Waals surface area contributed by atoms with E-state index in [0.717, 1.165) is 30.9 Å². The number of imidazole rings is 1. The van der Waals surface area contributed by atoms with Crippen LogP contribution in [0.25, 0.3) is 0 Å². The van der Waals surface area contributed by atoms with E-state index >= 15 is 0 Å². The van der Waals surface area contributed by atoms with Crippen molar-refractivity contribution < 1.29 is 0 Å². The zero-order chi connectivity index (χ0) is 14.8. The Labute approximate surface area is 128 Å². The maximum atomic E-state index is 4.86. The van der Waals surface area contributed by atoms with Gasteiger partial charge in [0, 0.05) is 37.4 Å². The van der Waals surface area contributed by atoms with Crippen LogP contribution in [0.5, 0.6) is 0 Å². The second-order valence-electron chi connectivity index (χ2n) is 6.83. The van der Waals surface area contributed by atoms with Gasteiger partial charge in [0.1, 0.15) is 0 Å². The number of fused-ring (bicyclic) bond motifs is 2. The van der Waals surface area contributed by atoms with Crippen LogP contribution in [0.15, 0.2) is 6.20 Å². The predicted molar refractivity (Wildman–Crippen MR) is 87.9 cm³/mol. The molecule has 1 N–H and O–H groups in total. The van der Waals surface area contributed by atoms with Crippen LogP contribution in [0, 0.1) is 6.92 Å². The lowest BCUT2D eigenvalue weighted by atomic mass is 9.98. The lowest BCUT2D eigenvalue weighted by molar-refractivity contribution is 0.342. The summed E-state index contributed by atoms with van der Waals surface area (Å²) in [5, 5.41) is 3.76. The molecule has 0 amide bonds. The molecule has 4 heteroatoms. The molecule has 0 spiro atoms. The van der Waals surface area contributed by atoms with Crippen LogP contribution in [0.4, 0.5) is 5.95 Å². The number of aryl methyl sites for hydroxylation is 2. The Morgan fingerprint density at radius 2 is 1.95 bits per heavy atom. The molecular formula is C17H30N4. The third kappa shape index (κ3) is 3.10. The van der Waals surface area contributed by atoms with Crippen molar-refractivity contribution in [2.45, 2.75) is 84.0 Å². The molecule has 2 aliphatic heterocycles. The van der Waals surface area contributed by atoms with Gasteiger partial charge in [0.15, 0.2) is 0 Å². The SMILES string of the molecule is CCCN(c1nc(C)cn1CCC)C1CC2CCC(C1)N2. The van der Waals surface area contributed by atoms with Crippen LogP contribution < -0.4 is 10.2 Å². The zero-order valence-electron chi connectivity index (χ0n) is 13.8.